The highest BCUT2D eigenvalue weighted by molar-refractivity contribution is 6.40. The summed E-state index contributed by atoms with van der Waals surface area (Å²) in [6, 6.07) is 14.9. The molecular weight excluding hydrogens is 359 g/mol. The molecule has 0 bridgehead atoms. The molecular formula is C19H18Cl2N2O2. The number of nitrogens with zero attached hydrogens (tertiary/aromatic N) is 2. The average molecular weight is 377 g/mol. The quantitative estimate of drug-likeness (QED) is 0.712. The largest absolute Gasteiger partial charge is 0.461 e. The summed E-state index contributed by atoms with van der Waals surface area (Å²) in [5.74, 6) is -0.609. The van der Waals surface area contributed by atoms with Crippen molar-refractivity contribution in [1.29, 1.82) is 0 Å². The van der Waals surface area contributed by atoms with Gasteiger partial charge in [0.15, 0.2) is 5.71 Å². The van der Waals surface area contributed by atoms with Gasteiger partial charge in [-0.25, -0.2) is 4.79 Å². The summed E-state index contributed by atoms with van der Waals surface area (Å²) in [6.07, 6.45) is 0. The SMILES string of the molecule is CCOC(=O)C1=NN(c2ccc(Cl)cc2Cl)[C@H](C)C1c1ccccc1. The second-order valence-corrected chi connectivity index (χ2v) is 6.62. The van der Waals surface area contributed by atoms with Crippen molar-refractivity contribution >= 4 is 40.6 Å². The van der Waals surface area contributed by atoms with E-state index in [-0.39, 0.29) is 12.0 Å². The molecule has 0 amide bonds. The van der Waals surface area contributed by atoms with Crippen LogP contribution in [0.25, 0.3) is 0 Å². The van der Waals surface area contributed by atoms with Crippen molar-refractivity contribution in [3.8, 4) is 0 Å². The first-order valence-corrected chi connectivity index (χ1v) is 8.83. The second-order valence-electron chi connectivity index (χ2n) is 5.77. The third-order valence-electron chi connectivity index (χ3n) is 4.18. The molecule has 130 valence electrons. The molecule has 0 aromatic heterocycles. The van der Waals surface area contributed by atoms with Crippen molar-refractivity contribution in [3.05, 3.63) is 64.1 Å². The lowest BCUT2D eigenvalue weighted by molar-refractivity contribution is -0.135. The monoisotopic (exact) mass is 376 g/mol. The number of benzene rings is 2. The van der Waals surface area contributed by atoms with Gasteiger partial charge in [-0.1, -0.05) is 53.5 Å². The Balaban J connectivity index is 2.05. The van der Waals surface area contributed by atoms with E-state index < -0.39 is 5.97 Å². The fourth-order valence-electron chi connectivity index (χ4n) is 3.05. The summed E-state index contributed by atoms with van der Waals surface area (Å²) in [7, 11) is 0. The Hall–Kier alpha value is -2.04. The van der Waals surface area contributed by atoms with Crippen LogP contribution in [0.5, 0.6) is 0 Å². The Bertz CT molecular complexity index is 808. The van der Waals surface area contributed by atoms with Crippen molar-refractivity contribution in [2.24, 2.45) is 5.10 Å². The van der Waals surface area contributed by atoms with Gasteiger partial charge in [-0.3, -0.25) is 5.01 Å². The topological polar surface area (TPSA) is 41.9 Å². The minimum Gasteiger partial charge on any atom is -0.461 e. The van der Waals surface area contributed by atoms with E-state index in [4.69, 9.17) is 27.9 Å². The van der Waals surface area contributed by atoms with Crippen molar-refractivity contribution < 1.29 is 9.53 Å². The molecule has 0 N–H and O–H groups in total. The number of halogens is 2. The predicted octanol–water partition coefficient (Wildman–Crippen LogP) is 4.90. The summed E-state index contributed by atoms with van der Waals surface area (Å²) >= 11 is 12.3. The molecule has 1 aliphatic heterocycles. The number of rotatable bonds is 4. The highest BCUT2D eigenvalue weighted by Crippen LogP contribution is 2.38. The van der Waals surface area contributed by atoms with Gasteiger partial charge in [0.25, 0.3) is 0 Å². The zero-order valence-electron chi connectivity index (χ0n) is 13.9. The van der Waals surface area contributed by atoms with E-state index >= 15 is 0 Å². The maximum Gasteiger partial charge on any atom is 0.355 e. The van der Waals surface area contributed by atoms with Crippen LogP contribution in [0, 0.1) is 0 Å². The van der Waals surface area contributed by atoms with Gasteiger partial charge in [0.2, 0.25) is 0 Å². The molecule has 6 heteroatoms. The van der Waals surface area contributed by atoms with E-state index in [1.54, 1.807) is 30.1 Å². The molecule has 4 nitrogen and oxygen atoms in total. The molecule has 0 radical (unpaired) electrons. The summed E-state index contributed by atoms with van der Waals surface area (Å²) in [4.78, 5) is 12.5. The Kier molecular flexibility index (Phi) is 5.30. The molecule has 1 heterocycles. The van der Waals surface area contributed by atoms with Crippen molar-refractivity contribution in [2.75, 3.05) is 11.6 Å². The van der Waals surface area contributed by atoms with Crippen LogP contribution in [-0.4, -0.2) is 24.3 Å². The molecule has 0 saturated heterocycles. The van der Waals surface area contributed by atoms with Crippen LogP contribution >= 0.6 is 23.2 Å². The molecule has 3 rings (SSSR count). The van der Waals surface area contributed by atoms with Crippen LogP contribution in [0.1, 0.15) is 25.3 Å². The lowest BCUT2D eigenvalue weighted by Gasteiger charge is -2.25. The maximum atomic E-state index is 12.5. The van der Waals surface area contributed by atoms with Crippen LogP contribution < -0.4 is 5.01 Å². The molecule has 1 aliphatic rings. The van der Waals surface area contributed by atoms with E-state index in [2.05, 4.69) is 5.10 Å². The number of carbonyl (C=O) groups is 1. The number of hydrogen-bond donors (Lipinski definition) is 0. The number of ether oxygens (including phenoxy) is 1. The third kappa shape index (κ3) is 3.51. The van der Waals surface area contributed by atoms with Crippen LogP contribution in [0.2, 0.25) is 10.0 Å². The summed E-state index contributed by atoms with van der Waals surface area (Å²) in [5.41, 5.74) is 2.10. The van der Waals surface area contributed by atoms with E-state index in [1.165, 1.54) is 0 Å². The molecule has 0 aliphatic carbocycles. The smallest absolute Gasteiger partial charge is 0.355 e. The molecule has 1 unspecified atom stereocenters. The highest BCUT2D eigenvalue weighted by Gasteiger charge is 2.40. The molecule has 2 aromatic carbocycles. The first-order chi connectivity index (χ1) is 12.0. The van der Waals surface area contributed by atoms with Gasteiger partial charge in [-0.2, -0.15) is 5.10 Å². The van der Waals surface area contributed by atoms with Gasteiger partial charge in [0.05, 0.1) is 29.3 Å². The summed E-state index contributed by atoms with van der Waals surface area (Å²) in [5, 5.41) is 7.36. The van der Waals surface area contributed by atoms with Crippen LogP contribution in [0.3, 0.4) is 0 Å². The lowest BCUT2D eigenvalue weighted by Crippen LogP contribution is -2.31. The van der Waals surface area contributed by atoms with Crippen molar-refractivity contribution in [2.45, 2.75) is 25.8 Å². The van der Waals surface area contributed by atoms with Crippen molar-refractivity contribution in [3.63, 3.8) is 0 Å². The first kappa shape index (κ1) is 17.8. The number of carbonyl (C=O) groups excluding carboxylic acids is 1. The van der Waals surface area contributed by atoms with E-state index in [0.717, 1.165) is 5.56 Å². The van der Waals surface area contributed by atoms with Crippen LogP contribution in [0.15, 0.2) is 53.6 Å². The number of anilines is 1. The van der Waals surface area contributed by atoms with Crippen molar-refractivity contribution in [1.82, 2.24) is 0 Å². The third-order valence-corrected chi connectivity index (χ3v) is 4.72. The second kappa shape index (κ2) is 7.46. The van der Waals surface area contributed by atoms with Gasteiger partial charge >= 0.3 is 5.97 Å². The highest BCUT2D eigenvalue weighted by atomic mass is 35.5. The Labute approximate surface area is 157 Å². The molecule has 25 heavy (non-hydrogen) atoms. The Morgan fingerprint density at radius 1 is 1.20 bits per heavy atom. The summed E-state index contributed by atoms with van der Waals surface area (Å²) < 4.78 is 5.21. The molecule has 0 spiro atoms. The zero-order valence-corrected chi connectivity index (χ0v) is 15.5. The molecule has 2 atom stereocenters. The van der Waals surface area contributed by atoms with Gasteiger partial charge in [-0.15, -0.1) is 0 Å². The Morgan fingerprint density at radius 3 is 2.56 bits per heavy atom. The summed E-state index contributed by atoms with van der Waals surface area (Å²) in [6.45, 7) is 4.09. The fourth-order valence-corrected chi connectivity index (χ4v) is 3.54. The minimum absolute atomic E-state index is 0.0968. The number of hydrogen-bond acceptors (Lipinski definition) is 4. The van der Waals surface area contributed by atoms with Crippen LogP contribution in [-0.2, 0) is 9.53 Å². The van der Waals surface area contributed by atoms with E-state index in [1.807, 2.05) is 37.3 Å². The fraction of sp³-hybridized carbons (Fsp3) is 0.263. The van der Waals surface area contributed by atoms with Crippen LogP contribution in [0.4, 0.5) is 5.69 Å². The number of hydrazone groups is 1. The van der Waals surface area contributed by atoms with E-state index in [9.17, 15) is 4.79 Å². The maximum absolute atomic E-state index is 12.5. The Morgan fingerprint density at radius 2 is 1.92 bits per heavy atom. The standard InChI is InChI=1S/C19H18Cl2N2O2/c1-3-25-19(24)18-17(13-7-5-4-6-8-13)12(2)23(22-18)16-10-9-14(20)11-15(16)21/h4-12,17H,3H2,1-2H3/t12-,17?/m1/s1. The minimum atomic E-state index is -0.407. The van der Waals surface area contributed by atoms with Gasteiger partial charge in [-0.05, 0) is 37.6 Å². The van der Waals surface area contributed by atoms with E-state index in [0.29, 0.717) is 28.1 Å². The molecule has 0 fully saturated rings. The predicted molar refractivity (Wildman–Crippen MR) is 102 cm³/mol. The molecule has 0 saturated carbocycles. The zero-order chi connectivity index (χ0) is 18.0. The van der Waals surface area contributed by atoms with Gasteiger partial charge < -0.3 is 4.74 Å². The normalized spacial score (nSPS) is 19.7. The number of esters is 1. The molecule has 2 aromatic rings. The van der Waals surface area contributed by atoms with Gasteiger partial charge in [0.1, 0.15) is 0 Å². The van der Waals surface area contributed by atoms with Gasteiger partial charge in [0, 0.05) is 5.02 Å². The lowest BCUT2D eigenvalue weighted by atomic mass is 9.88. The average Bonchev–Trinajstić information content (AvgIpc) is 2.93. The first-order valence-electron chi connectivity index (χ1n) is 8.07.